The normalized spacial score (nSPS) is 14.0. The van der Waals surface area contributed by atoms with Crippen molar-refractivity contribution in [2.24, 2.45) is 5.41 Å². The zero-order chi connectivity index (χ0) is 26.3. The predicted molar refractivity (Wildman–Crippen MR) is 140 cm³/mol. The van der Waals surface area contributed by atoms with Gasteiger partial charge in [0.2, 0.25) is 17.6 Å². The molecule has 11 nitrogen and oxygen atoms in total. The summed E-state index contributed by atoms with van der Waals surface area (Å²) in [4.78, 5) is 36.3. The third-order valence-electron chi connectivity index (χ3n) is 5.75. The monoisotopic (exact) mass is 499 g/mol. The molecule has 11 heteroatoms. The maximum absolute atomic E-state index is 12.5. The quantitative estimate of drug-likeness (QED) is 0.268. The van der Waals surface area contributed by atoms with Crippen molar-refractivity contribution in [2.45, 2.75) is 53.6 Å². The van der Waals surface area contributed by atoms with Gasteiger partial charge >= 0.3 is 11.7 Å². The number of benzene rings is 1. The number of nitrogen functional groups attached to an aromatic ring is 1. The molecule has 0 amide bonds. The van der Waals surface area contributed by atoms with E-state index in [2.05, 4.69) is 32.3 Å². The highest BCUT2D eigenvalue weighted by Crippen LogP contribution is 2.33. The molecule has 0 radical (unpaired) electrons. The van der Waals surface area contributed by atoms with Gasteiger partial charge in [-0.2, -0.15) is 9.97 Å². The Hall–Kier alpha value is -3.47. The Kier molecular flexibility index (Phi) is 9.03. The molecule has 0 unspecified atom stereocenters. The smallest absolute Gasteiger partial charge is 0.353 e. The summed E-state index contributed by atoms with van der Waals surface area (Å²) < 4.78 is 5.15. The Labute approximate surface area is 212 Å². The number of hydrogen-bond donors (Lipinski definition) is 2. The first-order valence-corrected chi connectivity index (χ1v) is 12.3. The molecule has 3 rings (SSSR count). The van der Waals surface area contributed by atoms with Crippen LogP contribution in [0.2, 0.25) is 0 Å². The maximum Gasteiger partial charge on any atom is 0.353 e. The molecule has 1 aliphatic rings. The summed E-state index contributed by atoms with van der Waals surface area (Å²) in [6.07, 6.45) is 2.41. The number of aromatic nitrogens is 2. The molecule has 1 aliphatic heterocycles. The number of nitrogens with zero attached hydrogens (tertiary/aromatic N) is 5. The lowest BCUT2D eigenvalue weighted by atomic mass is 9.97. The van der Waals surface area contributed by atoms with E-state index >= 15 is 0 Å². The fourth-order valence-corrected chi connectivity index (χ4v) is 4.09. The van der Waals surface area contributed by atoms with Gasteiger partial charge in [-0.15, -0.1) is 0 Å². The summed E-state index contributed by atoms with van der Waals surface area (Å²) in [5, 5.41) is 15.1. The maximum atomic E-state index is 12.5. The number of nitrogens with one attached hydrogen (secondary N) is 1. The topological polar surface area (TPSA) is 140 Å². The number of hydrogen-bond acceptors (Lipinski definition) is 10. The van der Waals surface area contributed by atoms with E-state index in [1.807, 2.05) is 32.9 Å². The molecule has 1 aromatic carbocycles. The molecular formula is C25H37N7O4. The zero-order valence-corrected chi connectivity index (χ0v) is 21.6. The van der Waals surface area contributed by atoms with Crippen molar-refractivity contribution in [3.63, 3.8) is 0 Å². The number of carbonyl (C=O) groups is 1. The van der Waals surface area contributed by atoms with E-state index in [1.165, 1.54) is 17.7 Å². The van der Waals surface area contributed by atoms with Crippen LogP contribution in [0.3, 0.4) is 0 Å². The minimum Gasteiger partial charge on any atom is -0.465 e. The van der Waals surface area contributed by atoms with E-state index in [0.717, 1.165) is 30.8 Å². The number of likely N-dealkylation sites (tertiary alicyclic amines) is 1. The van der Waals surface area contributed by atoms with Gasteiger partial charge in [0.15, 0.2) is 0 Å². The summed E-state index contributed by atoms with van der Waals surface area (Å²) in [7, 11) is 0. The van der Waals surface area contributed by atoms with E-state index < -0.39 is 16.6 Å². The molecule has 0 atom stereocenters. The third kappa shape index (κ3) is 7.77. The number of ether oxygens (including phenoxy) is 1. The van der Waals surface area contributed by atoms with E-state index in [4.69, 9.17) is 10.5 Å². The Morgan fingerprint density at radius 2 is 1.94 bits per heavy atom. The van der Waals surface area contributed by atoms with Gasteiger partial charge in [-0.1, -0.05) is 45.0 Å². The van der Waals surface area contributed by atoms with Crippen LogP contribution in [0.15, 0.2) is 24.3 Å². The molecule has 196 valence electrons. The third-order valence-corrected chi connectivity index (χ3v) is 5.75. The van der Waals surface area contributed by atoms with Gasteiger partial charge in [0.25, 0.3) is 0 Å². The molecule has 0 saturated carbocycles. The van der Waals surface area contributed by atoms with E-state index in [9.17, 15) is 14.9 Å². The summed E-state index contributed by atoms with van der Waals surface area (Å²) in [5.74, 6) is -0.638. The zero-order valence-electron chi connectivity index (χ0n) is 21.6. The second kappa shape index (κ2) is 12.0. The highest BCUT2D eigenvalue weighted by molar-refractivity contribution is 5.79. The van der Waals surface area contributed by atoms with Crippen LogP contribution >= 0.6 is 0 Å². The lowest BCUT2D eigenvalue weighted by molar-refractivity contribution is -0.383. The van der Waals surface area contributed by atoms with Crippen molar-refractivity contribution in [2.75, 3.05) is 48.7 Å². The molecule has 2 aromatic rings. The van der Waals surface area contributed by atoms with E-state index in [0.29, 0.717) is 6.54 Å². The Balaban J connectivity index is 1.96. The number of nitro groups is 1. The Morgan fingerprint density at radius 1 is 1.25 bits per heavy atom. The number of esters is 1. The largest absolute Gasteiger partial charge is 0.465 e. The van der Waals surface area contributed by atoms with Gasteiger partial charge in [-0.05, 0) is 49.4 Å². The molecule has 3 N–H and O–H groups in total. The van der Waals surface area contributed by atoms with Gasteiger partial charge in [-0.25, -0.2) is 0 Å². The van der Waals surface area contributed by atoms with Crippen LogP contribution in [0.1, 0.15) is 51.7 Å². The van der Waals surface area contributed by atoms with Crippen molar-refractivity contribution in [3.05, 3.63) is 45.5 Å². The standard InChI is InChI=1S/C25H37N7O4/c1-5-36-20(33)16-31(15-19-10-8-9-18(13-19)14-30-11-6-7-12-30)23-21(32(34)35)22(26)28-24(29-23)27-17-25(2,3)4/h8-10,13H,5-7,11-12,14-17H2,1-4H3,(H3,26,27,28,29). The molecule has 36 heavy (non-hydrogen) atoms. The molecule has 1 saturated heterocycles. The summed E-state index contributed by atoms with van der Waals surface area (Å²) in [6, 6.07) is 8.02. The average Bonchev–Trinajstić information content (AvgIpc) is 3.29. The van der Waals surface area contributed by atoms with Crippen molar-refractivity contribution >= 4 is 29.2 Å². The van der Waals surface area contributed by atoms with Crippen LogP contribution in [0.5, 0.6) is 0 Å². The summed E-state index contributed by atoms with van der Waals surface area (Å²) in [6.45, 7) is 11.5. The van der Waals surface area contributed by atoms with Crippen molar-refractivity contribution in [1.29, 1.82) is 0 Å². The van der Waals surface area contributed by atoms with Crippen LogP contribution in [-0.4, -0.2) is 58.5 Å². The minimum atomic E-state index is -0.611. The van der Waals surface area contributed by atoms with Gasteiger partial charge in [0.1, 0.15) is 6.54 Å². The second-order valence-corrected chi connectivity index (χ2v) is 10.2. The Morgan fingerprint density at radius 3 is 2.58 bits per heavy atom. The molecule has 0 bridgehead atoms. The Bertz CT molecular complexity index is 1060. The molecule has 1 fully saturated rings. The lowest BCUT2D eigenvalue weighted by Gasteiger charge is -2.24. The number of carbonyl (C=O) groups excluding carboxylic acids is 1. The highest BCUT2D eigenvalue weighted by atomic mass is 16.6. The number of nitrogens with two attached hydrogens (primary N) is 1. The van der Waals surface area contributed by atoms with E-state index in [-0.39, 0.29) is 42.7 Å². The van der Waals surface area contributed by atoms with Crippen LogP contribution in [0.25, 0.3) is 0 Å². The number of anilines is 3. The summed E-state index contributed by atoms with van der Waals surface area (Å²) in [5.41, 5.74) is 7.54. The van der Waals surface area contributed by atoms with Crippen LogP contribution in [0, 0.1) is 15.5 Å². The van der Waals surface area contributed by atoms with Crippen molar-refractivity contribution in [1.82, 2.24) is 14.9 Å². The first-order chi connectivity index (χ1) is 17.1. The van der Waals surface area contributed by atoms with E-state index in [1.54, 1.807) is 6.92 Å². The first kappa shape index (κ1) is 27.1. The predicted octanol–water partition coefficient (Wildman–Crippen LogP) is 3.59. The SMILES string of the molecule is CCOC(=O)CN(Cc1cccc(CN2CCCC2)c1)c1nc(NCC(C)(C)C)nc(N)c1[N+](=O)[O-]. The second-order valence-electron chi connectivity index (χ2n) is 10.2. The summed E-state index contributed by atoms with van der Waals surface area (Å²) >= 11 is 0. The molecule has 0 spiro atoms. The average molecular weight is 500 g/mol. The minimum absolute atomic E-state index is 0.0260. The van der Waals surface area contributed by atoms with Crippen LogP contribution in [0.4, 0.5) is 23.3 Å². The van der Waals surface area contributed by atoms with Gasteiger partial charge < -0.3 is 20.7 Å². The molecule has 1 aromatic heterocycles. The number of rotatable bonds is 11. The van der Waals surface area contributed by atoms with Gasteiger partial charge in [-0.3, -0.25) is 19.8 Å². The molecule has 2 heterocycles. The van der Waals surface area contributed by atoms with Gasteiger partial charge in [0, 0.05) is 19.6 Å². The fraction of sp³-hybridized carbons (Fsp3) is 0.560. The van der Waals surface area contributed by atoms with Crippen LogP contribution < -0.4 is 16.0 Å². The molecular weight excluding hydrogens is 462 g/mol. The van der Waals surface area contributed by atoms with Crippen molar-refractivity contribution in [3.8, 4) is 0 Å². The van der Waals surface area contributed by atoms with Crippen LogP contribution in [-0.2, 0) is 22.6 Å². The van der Waals surface area contributed by atoms with Crippen molar-refractivity contribution < 1.29 is 14.5 Å². The lowest BCUT2D eigenvalue weighted by Crippen LogP contribution is -2.32. The molecule has 0 aliphatic carbocycles. The van der Waals surface area contributed by atoms with Gasteiger partial charge in [0.05, 0.1) is 11.5 Å². The first-order valence-electron chi connectivity index (χ1n) is 12.3. The highest BCUT2D eigenvalue weighted by Gasteiger charge is 2.29. The fourth-order valence-electron chi connectivity index (χ4n) is 4.09.